The van der Waals surface area contributed by atoms with Crippen molar-refractivity contribution < 1.29 is 20.1 Å². The molecule has 1 heterocycles. The van der Waals surface area contributed by atoms with Crippen molar-refractivity contribution in [3.8, 4) is 11.5 Å². The zero-order chi connectivity index (χ0) is 15.7. The van der Waals surface area contributed by atoms with Gasteiger partial charge in [0.2, 0.25) is 0 Å². The summed E-state index contributed by atoms with van der Waals surface area (Å²) < 4.78 is 1.84. The summed E-state index contributed by atoms with van der Waals surface area (Å²) in [6.45, 7) is 0.395. The predicted octanol–water partition coefficient (Wildman–Crippen LogP) is 2.73. The second-order valence-electron chi connectivity index (χ2n) is 5.18. The summed E-state index contributed by atoms with van der Waals surface area (Å²) in [6.07, 6.45) is 1.67. The molecule has 0 aliphatic rings. The van der Waals surface area contributed by atoms with Gasteiger partial charge in [0.15, 0.2) is 0 Å². The van der Waals surface area contributed by atoms with E-state index in [1.54, 1.807) is 36.5 Å². The Morgan fingerprint density at radius 1 is 1.05 bits per heavy atom. The standard InChI is InChI=1S/C17H15NO4/c19-13-5-6-14-12(7-17(21)22)10-18(15(14)8-13)9-11-3-1-2-4-16(11)20/h1-6,8,10,19-20H,7,9H2,(H,21,22). The Kier molecular flexibility index (Phi) is 3.47. The molecule has 5 heteroatoms. The number of carboxylic acid groups (broad SMARTS) is 1. The van der Waals surface area contributed by atoms with Gasteiger partial charge in [-0.3, -0.25) is 4.79 Å². The highest BCUT2D eigenvalue weighted by atomic mass is 16.4. The third-order valence-corrected chi connectivity index (χ3v) is 3.62. The first kappa shape index (κ1) is 14.0. The molecule has 0 saturated heterocycles. The number of fused-ring (bicyclic) bond motifs is 1. The van der Waals surface area contributed by atoms with Gasteiger partial charge < -0.3 is 19.9 Å². The van der Waals surface area contributed by atoms with Crippen molar-refractivity contribution in [2.45, 2.75) is 13.0 Å². The van der Waals surface area contributed by atoms with Gasteiger partial charge >= 0.3 is 5.97 Å². The number of aliphatic carboxylic acids is 1. The van der Waals surface area contributed by atoms with E-state index in [-0.39, 0.29) is 17.9 Å². The van der Waals surface area contributed by atoms with Crippen LogP contribution in [0, 0.1) is 0 Å². The van der Waals surface area contributed by atoms with Gasteiger partial charge in [-0.05, 0) is 23.8 Å². The topological polar surface area (TPSA) is 82.7 Å². The number of phenolic OH excluding ortho intramolecular Hbond substituents is 2. The highest BCUT2D eigenvalue weighted by Gasteiger charge is 2.13. The van der Waals surface area contributed by atoms with E-state index in [9.17, 15) is 15.0 Å². The van der Waals surface area contributed by atoms with E-state index in [0.29, 0.717) is 12.1 Å². The Balaban J connectivity index is 2.10. The van der Waals surface area contributed by atoms with Gasteiger partial charge in [0.05, 0.1) is 18.5 Å². The van der Waals surface area contributed by atoms with E-state index in [0.717, 1.165) is 16.5 Å². The zero-order valence-corrected chi connectivity index (χ0v) is 11.7. The van der Waals surface area contributed by atoms with Crippen molar-refractivity contribution in [1.82, 2.24) is 4.57 Å². The molecule has 0 saturated carbocycles. The molecule has 0 unspecified atom stereocenters. The van der Waals surface area contributed by atoms with Crippen molar-refractivity contribution in [1.29, 1.82) is 0 Å². The molecule has 0 spiro atoms. The first-order chi connectivity index (χ1) is 10.5. The number of benzene rings is 2. The van der Waals surface area contributed by atoms with Gasteiger partial charge in [0.1, 0.15) is 11.5 Å². The molecule has 0 bridgehead atoms. The Labute approximate surface area is 126 Å². The van der Waals surface area contributed by atoms with Crippen LogP contribution in [0.3, 0.4) is 0 Å². The Bertz CT molecular complexity index is 851. The third kappa shape index (κ3) is 2.61. The summed E-state index contributed by atoms with van der Waals surface area (Å²) in [5, 5.41) is 29.4. The number of rotatable bonds is 4. The van der Waals surface area contributed by atoms with Crippen molar-refractivity contribution in [3.05, 3.63) is 59.8 Å². The molecule has 1 aromatic heterocycles. The lowest BCUT2D eigenvalue weighted by atomic mass is 10.1. The van der Waals surface area contributed by atoms with Crippen molar-refractivity contribution >= 4 is 16.9 Å². The average molecular weight is 297 g/mol. The molecule has 3 aromatic rings. The molecule has 112 valence electrons. The maximum Gasteiger partial charge on any atom is 0.307 e. The van der Waals surface area contributed by atoms with Gasteiger partial charge in [0.25, 0.3) is 0 Å². The number of carboxylic acids is 1. The van der Waals surface area contributed by atoms with Crippen LogP contribution < -0.4 is 0 Å². The SMILES string of the molecule is O=C(O)Cc1cn(Cc2ccccc2O)c2cc(O)ccc12. The number of carbonyl (C=O) groups is 1. The molecule has 0 amide bonds. The molecule has 5 nitrogen and oxygen atoms in total. The summed E-state index contributed by atoms with van der Waals surface area (Å²) in [4.78, 5) is 11.0. The van der Waals surface area contributed by atoms with Gasteiger partial charge in [0, 0.05) is 23.2 Å². The van der Waals surface area contributed by atoms with Crippen molar-refractivity contribution in [3.63, 3.8) is 0 Å². The van der Waals surface area contributed by atoms with Crippen molar-refractivity contribution in [2.24, 2.45) is 0 Å². The number of para-hydroxylation sites is 1. The lowest BCUT2D eigenvalue weighted by Gasteiger charge is -2.07. The largest absolute Gasteiger partial charge is 0.508 e. The second-order valence-corrected chi connectivity index (χ2v) is 5.18. The van der Waals surface area contributed by atoms with Gasteiger partial charge in [-0.2, -0.15) is 0 Å². The number of aromatic hydroxyl groups is 2. The quantitative estimate of drug-likeness (QED) is 0.691. The molecule has 0 fully saturated rings. The van der Waals surface area contributed by atoms with Crippen LogP contribution in [0.1, 0.15) is 11.1 Å². The first-order valence-electron chi connectivity index (χ1n) is 6.84. The minimum atomic E-state index is -0.908. The molecular formula is C17H15NO4. The molecule has 3 rings (SSSR count). The third-order valence-electron chi connectivity index (χ3n) is 3.62. The van der Waals surface area contributed by atoms with Gasteiger partial charge in [-0.1, -0.05) is 18.2 Å². The molecule has 0 aliphatic carbocycles. The number of aromatic nitrogens is 1. The molecule has 3 N–H and O–H groups in total. The van der Waals surface area contributed by atoms with Crippen LogP contribution in [-0.2, 0) is 17.8 Å². The normalized spacial score (nSPS) is 10.9. The summed E-state index contributed by atoms with van der Waals surface area (Å²) in [5.74, 6) is -0.607. The highest BCUT2D eigenvalue weighted by molar-refractivity contribution is 5.88. The maximum absolute atomic E-state index is 11.0. The second kappa shape index (κ2) is 5.44. The Morgan fingerprint density at radius 3 is 2.55 bits per heavy atom. The number of phenols is 2. The average Bonchev–Trinajstić information content (AvgIpc) is 2.78. The monoisotopic (exact) mass is 297 g/mol. The molecule has 0 radical (unpaired) electrons. The fourth-order valence-corrected chi connectivity index (χ4v) is 2.62. The first-order valence-corrected chi connectivity index (χ1v) is 6.84. The summed E-state index contributed by atoms with van der Waals surface area (Å²) in [6, 6.07) is 11.8. The van der Waals surface area contributed by atoms with Crippen LogP contribution >= 0.6 is 0 Å². The van der Waals surface area contributed by atoms with Crippen molar-refractivity contribution in [2.75, 3.05) is 0 Å². The highest BCUT2D eigenvalue weighted by Crippen LogP contribution is 2.28. The van der Waals surface area contributed by atoms with E-state index < -0.39 is 5.97 Å². The molecule has 0 aliphatic heterocycles. The van der Waals surface area contributed by atoms with Crippen LogP contribution in [0.5, 0.6) is 11.5 Å². The van der Waals surface area contributed by atoms with Crippen LogP contribution in [0.2, 0.25) is 0 Å². The fraction of sp³-hybridized carbons (Fsp3) is 0.118. The van der Waals surface area contributed by atoms with Crippen LogP contribution in [-0.4, -0.2) is 25.9 Å². The fourth-order valence-electron chi connectivity index (χ4n) is 2.62. The number of nitrogens with zero attached hydrogens (tertiary/aromatic N) is 1. The summed E-state index contributed by atoms with van der Waals surface area (Å²) in [5.41, 5.74) is 2.14. The lowest BCUT2D eigenvalue weighted by molar-refractivity contribution is -0.136. The molecule has 2 aromatic carbocycles. The minimum Gasteiger partial charge on any atom is -0.508 e. The lowest BCUT2D eigenvalue weighted by Crippen LogP contribution is -2.00. The Hall–Kier alpha value is -2.95. The van der Waals surface area contributed by atoms with E-state index in [1.165, 1.54) is 6.07 Å². The number of hydrogen-bond acceptors (Lipinski definition) is 3. The molecule has 0 atom stereocenters. The number of hydrogen-bond donors (Lipinski definition) is 3. The minimum absolute atomic E-state index is 0.0882. The van der Waals surface area contributed by atoms with E-state index in [4.69, 9.17) is 5.11 Å². The molecule has 22 heavy (non-hydrogen) atoms. The maximum atomic E-state index is 11.0. The van der Waals surface area contributed by atoms with Crippen LogP contribution in [0.25, 0.3) is 10.9 Å². The smallest absolute Gasteiger partial charge is 0.307 e. The summed E-state index contributed by atoms with van der Waals surface area (Å²) >= 11 is 0. The van der Waals surface area contributed by atoms with E-state index in [1.807, 2.05) is 10.6 Å². The van der Waals surface area contributed by atoms with E-state index in [2.05, 4.69) is 0 Å². The van der Waals surface area contributed by atoms with Gasteiger partial charge in [-0.15, -0.1) is 0 Å². The summed E-state index contributed by atoms with van der Waals surface area (Å²) in [7, 11) is 0. The predicted molar refractivity (Wildman–Crippen MR) is 82.2 cm³/mol. The van der Waals surface area contributed by atoms with Gasteiger partial charge in [-0.25, -0.2) is 0 Å². The van der Waals surface area contributed by atoms with Crippen LogP contribution in [0.15, 0.2) is 48.7 Å². The van der Waals surface area contributed by atoms with E-state index >= 15 is 0 Å². The Morgan fingerprint density at radius 2 is 1.82 bits per heavy atom. The van der Waals surface area contributed by atoms with Crippen LogP contribution in [0.4, 0.5) is 0 Å². The zero-order valence-electron chi connectivity index (χ0n) is 11.7. The molecular weight excluding hydrogens is 282 g/mol.